The van der Waals surface area contributed by atoms with Crippen molar-refractivity contribution in [2.75, 3.05) is 13.2 Å². The highest BCUT2D eigenvalue weighted by Gasteiger charge is 2.44. The summed E-state index contributed by atoms with van der Waals surface area (Å²) in [5.74, 6) is -5.10. The highest BCUT2D eigenvalue weighted by Crippen LogP contribution is 2.44. The van der Waals surface area contributed by atoms with Gasteiger partial charge >= 0.3 is 6.11 Å². The summed E-state index contributed by atoms with van der Waals surface area (Å²) in [6, 6.07) is 9.46. The summed E-state index contributed by atoms with van der Waals surface area (Å²) in [4.78, 5) is 0. The van der Waals surface area contributed by atoms with Gasteiger partial charge in [0.15, 0.2) is 6.29 Å². The van der Waals surface area contributed by atoms with Crippen LogP contribution in [0.15, 0.2) is 48.5 Å². The fourth-order valence-electron chi connectivity index (χ4n) is 5.30. The maximum Gasteiger partial charge on any atom is 0.400 e. The Kier molecular flexibility index (Phi) is 8.36. The quantitative estimate of drug-likeness (QED) is 0.213. The number of benzene rings is 3. The van der Waals surface area contributed by atoms with Crippen molar-refractivity contribution in [3.05, 3.63) is 87.9 Å². The predicted octanol–water partition coefficient (Wildman–Crippen LogP) is 9.19. The van der Waals surface area contributed by atoms with Gasteiger partial charge in [0, 0.05) is 23.1 Å². The van der Waals surface area contributed by atoms with E-state index in [9.17, 15) is 17.6 Å². The molecule has 1 saturated heterocycles. The lowest BCUT2D eigenvalue weighted by atomic mass is 9.78. The Hall–Kier alpha value is -2.75. The van der Waals surface area contributed by atoms with Crippen LogP contribution in [-0.4, -0.2) is 19.3 Å². The predicted molar refractivity (Wildman–Crippen MR) is 137 cm³/mol. The van der Waals surface area contributed by atoms with Gasteiger partial charge in [-0.25, -0.2) is 17.6 Å². The van der Waals surface area contributed by atoms with Crippen molar-refractivity contribution in [3.63, 3.8) is 0 Å². The lowest BCUT2D eigenvalue weighted by Gasteiger charge is -2.34. The molecule has 0 atom stereocenters. The minimum atomic E-state index is -3.60. The molecule has 1 aliphatic heterocycles. The van der Waals surface area contributed by atoms with Gasteiger partial charge in [0.2, 0.25) is 0 Å². The van der Waals surface area contributed by atoms with Gasteiger partial charge in [0.05, 0.1) is 19.1 Å². The van der Waals surface area contributed by atoms with E-state index >= 15 is 8.78 Å². The van der Waals surface area contributed by atoms with Crippen molar-refractivity contribution in [1.29, 1.82) is 0 Å². The number of ether oxygens (including phenoxy) is 3. The molecule has 3 nitrogen and oxygen atoms in total. The number of hydrogen-bond acceptors (Lipinski definition) is 3. The van der Waals surface area contributed by atoms with Gasteiger partial charge in [-0.2, -0.15) is 8.78 Å². The monoisotopic (exact) mass is 584 g/mol. The van der Waals surface area contributed by atoms with Crippen LogP contribution in [0, 0.1) is 35.1 Å². The van der Waals surface area contributed by atoms with Gasteiger partial charge in [0.1, 0.15) is 34.0 Å². The molecule has 40 heavy (non-hydrogen) atoms. The largest absolute Gasteiger partial charge is 0.432 e. The van der Waals surface area contributed by atoms with Crippen molar-refractivity contribution in [3.8, 4) is 16.9 Å². The first kappa shape index (κ1) is 28.8. The van der Waals surface area contributed by atoms with Crippen LogP contribution in [0.4, 0.5) is 26.3 Å². The molecule has 1 saturated carbocycles. The van der Waals surface area contributed by atoms with E-state index in [2.05, 4.69) is 0 Å². The second kappa shape index (κ2) is 11.6. The minimum absolute atomic E-state index is 0.0789. The molecule has 3 aromatic rings. The molecule has 3 aromatic carbocycles. The lowest BCUT2D eigenvalue weighted by Crippen LogP contribution is -2.37. The smallest absolute Gasteiger partial charge is 0.400 e. The van der Waals surface area contributed by atoms with E-state index in [1.54, 1.807) is 12.1 Å². The number of alkyl halides is 2. The average molecular weight is 585 g/mol. The second-order valence-electron chi connectivity index (χ2n) is 10.5. The molecule has 1 aliphatic carbocycles. The van der Waals surface area contributed by atoms with Crippen LogP contribution < -0.4 is 4.74 Å². The highest BCUT2D eigenvalue weighted by atomic mass is 35.5. The van der Waals surface area contributed by atoms with Crippen LogP contribution >= 0.6 is 11.6 Å². The second-order valence-corrected chi connectivity index (χ2v) is 10.9. The van der Waals surface area contributed by atoms with Crippen LogP contribution in [0.25, 0.3) is 11.1 Å². The fourth-order valence-corrected chi connectivity index (χ4v) is 5.41. The average Bonchev–Trinajstić information content (AvgIpc) is 2.92. The molecule has 2 aliphatic rings. The molecular formula is C30H27ClF6O3. The molecule has 0 aromatic heterocycles. The summed E-state index contributed by atoms with van der Waals surface area (Å²) in [6.45, 7) is 3.04. The van der Waals surface area contributed by atoms with E-state index in [0.29, 0.717) is 37.2 Å². The van der Waals surface area contributed by atoms with Gasteiger partial charge in [-0.1, -0.05) is 30.7 Å². The molecule has 0 unspecified atom stereocenters. The first-order valence-corrected chi connectivity index (χ1v) is 13.4. The summed E-state index contributed by atoms with van der Waals surface area (Å²) in [5, 5.41) is -0.725. The maximum absolute atomic E-state index is 15.0. The molecule has 0 radical (unpaired) electrons. The zero-order valence-corrected chi connectivity index (χ0v) is 22.3. The molecule has 1 heterocycles. The third-order valence-corrected chi connectivity index (χ3v) is 7.85. The normalized spacial score (nSPS) is 23.7. The standard InChI is InChI=1S/C30H27ClF6O3/c1-16-14-38-29(39-15-16)18-4-8-22(24(32)10-18)17-2-5-20(6-3-17)30(36,37)40-21-7-9-23(25(33)13-21)19-11-26(34)28(31)27(35)12-19/h4,7-13,16-17,20,29H,2-3,5-6,14-15H2,1H3. The molecule has 0 bridgehead atoms. The Morgan fingerprint density at radius 2 is 1.45 bits per heavy atom. The van der Waals surface area contributed by atoms with E-state index in [4.69, 9.17) is 25.8 Å². The SMILES string of the molecule is CC1COC(c2ccc(C3CCC(C(F)(F)Oc4ccc(-c5cc(F)c(Cl)c(F)c5)c(F)c4)CC3)c(F)c2)OC1. The molecule has 10 heteroatoms. The van der Waals surface area contributed by atoms with Crippen molar-refractivity contribution >= 4 is 11.6 Å². The van der Waals surface area contributed by atoms with Crippen LogP contribution in [0.1, 0.15) is 55.9 Å². The van der Waals surface area contributed by atoms with Crippen LogP contribution in [-0.2, 0) is 9.47 Å². The lowest BCUT2D eigenvalue weighted by molar-refractivity contribution is -0.222. The van der Waals surface area contributed by atoms with Crippen molar-refractivity contribution in [1.82, 2.24) is 0 Å². The van der Waals surface area contributed by atoms with E-state index in [0.717, 1.165) is 30.3 Å². The summed E-state index contributed by atoms with van der Waals surface area (Å²) < 4.78 is 103. The molecule has 2 fully saturated rings. The van der Waals surface area contributed by atoms with Crippen LogP contribution in [0.5, 0.6) is 5.75 Å². The highest BCUT2D eigenvalue weighted by molar-refractivity contribution is 6.31. The van der Waals surface area contributed by atoms with Gasteiger partial charge in [0.25, 0.3) is 0 Å². The third kappa shape index (κ3) is 6.11. The zero-order chi connectivity index (χ0) is 28.6. The van der Waals surface area contributed by atoms with Gasteiger partial charge in [-0.3, -0.25) is 0 Å². The maximum atomic E-state index is 15.0. The Balaban J connectivity index is 1.21. The zero-order valence-electron chi connectivity index (χ0n) is 21.5. The summed E-state index contributed by atoms with van der Waals surface area (Å²) in [5.41, 5.74) is 0.701. The first-order valence-electron chi connectivity index (χ1n) is 13.1. The van der Waals surface area contributed by atoms with Gasteiger partial charge in [-0.05, 0) is 73.1 Å². The molecule has 0 amide bonds. The molecular weight excluding hydrogens is 558 g/mol. The van der Waals surface area contributed by atoms with Crippen molar-refractivity contribution in [2.24, 2.45) is 11.8 Å². The number of hydrogen-bond donors (Lipinski definition) is 0. The van der Waals surface area contributed by atoms with Gasteiger partial charge < -0.3 is 14.2 Å². The summed E-state index contributed by atoms with van der Waals surface area (Å²) in [7, 11) is 0. The van der Waals surface area contributed by atoms with E-state index in [-0.39, 0.29) is 35.8 Å². The van der Waals surface area contributed by atoms with Crippen molar-refractivity contribution in [2.45, 2.75) is 50.9 Å². The van der Waals surface area contributed by atoms with E-state index in [1.807, 2.05) is 6.92 Å². The Morgan fingerprint density at radius 1 is 0.800 bits per heavy atom. The van der Waals surface area contributed by atoms with E-state index < -0.39 is 52.4 Å². The van der Waals surface area contributed by atoms with E-state index in [1.165, 1.54) is 6.07 Å². The fraction of sp³-hybridized carbons (Fsp3) is 0.400. The molecule has 0 N–H and O–H groups in total. The Bertz CT molecular complexity index is 1340. The minimum Gasteiger partial charge on any atom is -0.432 e. The Morgan fingerprint density at radius 3 is 2.05 bits per heavy atom. The van der Waals surface area contributed by atoms with Crippen LogP contribution in [0.2, 0.25) is 5.02 Å². The Labute approximate surface area is 233 Å². The number of halogens is 7. The molecule has 214 valence electrons. The molecule has 5 rings (SSSR count). The third-order valence-electron chi connectivity index (χ3n) is 7.49. The number of rotatable bonds is 6. The van der Waals surface area contributed by atoms with Crippen LogP contribution in [0.3, 0.4) is 0 Å². The topological polar surface area (TPSA) is 27.7 Å². The summed E-state index contributed by atoms with van der Waals surface area (Å²) >= 11 is 5.46. The summed E-state index contributed by atoms with van der Waals surface area (Å²) in [6.07, 6.45) is -3.42. The van der Waals surface area contributed by atoms with Gasteiger partial charge in [-0.15, -0.1) is 0 Å². The molecule has 0 spiro atoms. The van der Waals surface area contributed by atoms with Crippen molar-refractivity contribution < 1.29 is 40.6 Å². The first-order chi connectivity index (χ1) is 19.0.